The number of thioether (sulfide) groups is 1. The van der Waals surface area contributed by atoms with Gasteiger partial charge in [-0.3, -0.25) is 9.36 Å². The molecule has 0 bridgehead atoms. The van der Waals surface area contributed by atoms with Crippen molar-refractivity contribution in [2.75, 3.05) is 11.5 Å². The van der Waals surface area contributed by atoms with Crippen molar-refractivity contribution in [2.24, 2.45) is 0 Å². The smallest absolute Gasteiger partial charge is 0.262 e. The molecule has 6 nitrogen and oxygen atoms in total. The van der Waals surface area contributed by atoms with Crippen LogP contribution >= 0.6 is 11.8 Å². The number of benzene rings is 1. The third kappa shape index (κ3) is 3.22. The van der Waals surface area contributed by atoms with Crippen LogP contribution in [0, 0.1) is 0 Å². The van der Waals surface area contributed by atoms with E-state index in [0.717, 1.165) is 6.42 Å². The molecule has 0 unspecified atom stereocenters. The number of fused-ring (bicyclic) bond motifs is 1. The van der Waals surface area contributed by atoms with E-state index in [4.69, 9.17) is 0 Å². The Kier molecular flexibility index (Phi) is 4.72. The summed E-state index contributed by atoms with van der Waals surface area (Å²) in [4.78, 5) is 17.4. The van der Waals surface area contributed by atoms with Crippen molar-refractivity contribution in [3.8, 4) is 0 Å². The van der Waals surface area contributed by atoms with Crippen LogP contribution in [0.1, 0.15) is 26.3 Å². The molecule has 130 valence electrons. The van der Waals surface area contributed by atoms with E-state index in [2.05, 4.69) is 4.98 Å². The van der Waals surface area contributed by atoms with Crippen molar-refractivity contribution in [1.82, 2.24) is 9.55 Å². The van der Waals surface area contributed by atoms with Gasteiger partial charge in [-0.05, 0) is 25.5 Å². The summed E-state index contributed by atoms with van der Waals surface area (Å²) in [6.07, 6.45) is -0.187. The molecule has 2 aromatic rings. The van der Waals surface area contributed by atoms with E-state index in [-0.39, 0.29) is 23.1 Å². The Morgan fingerprint density at radius 2 is 2.08 bits per heavy atom. The Hall–Kier alpha value is -1.38. The van der Waals surface area contributed by atoms with Crippen molar-refractivity contribution in [2.45, 2.75) is 42.8 Å². The summed E-state index contributed by atoms with van der Waals surface area (Å²) >= 11 is 1.18. The highest BCUT2D eigenvalue weighted by molar-refractivity contribution is 8.01. The fourth-order valence-corrected chi connectivity index (χ4v) is 6.50. The van der Waals surface area contributed by atoms with Crippen LogP contribution in [0.2, 0.25) is 0 Å². The fourth-order valence-electron chi connectivity index (χ4n) is 2.82. The first-order valence-electron chi connectivity index (χ1n) is 7.89. The first-order chi connectivity index (χ1) is 11.3. The molecule has 0 spiro atoms. The van der Waals surface area contributed by atoms with Gasteiger partial charge in [0.05, 0.1) is 33.8 Å². The van der Waals surface area contributed by atoms with Crippen molar-refractivity contribution in [1.29, 1.82) is 0 Å². The lowest BCUT2D eigenvalue weighted by Crippen LogP contribution is -2.28. The summed E-state index contributed by atoms with van der Waals surface area (Å²) in [6.45, 7) is 3.92. The van der Waals surface area contributed by atoms with Gasteiger partial charge in [-0.1, -0.05) is 30.8 Å². The summed E-state index contributed by atoms with van der Waals surface area (Å²) in [5, 5.41) is 10.5. The maximum absolute atomic E-state index is 12.9. The van der Waals surface area contributed by atoms with Crippen LogP contribution in [0.3, 0.4) is 0 Å². The molecule has 8 heteroatoms. The third-order valence-electron chi connectivity index (χ3n) is 4.34. The Labute approximate surface area is 144 Å². The molecule has 0 saturated carbocycles. The van der Waals surface area contributed by atoms with Gasteiger partial charge >= 0.3 is 0 Å². The summed E-state index contributed by atoms with van der Waals surface area (Å²) in [7, 11) is -3.24. The molecular formula is C16H20N2O4S2. The molecule has 2 heterocycles. The van der Waals surface area contributed by atoms with Gasteiger partial charge in [0.25, 0.3) is 5.56 Å². The maximum atomic E-state index is 12.9. The zero-order valence-corrected chi connectivity index (χ0v) is 15.2. The predicted octanol–water partition coefficient (Wildman–Crippen LogP) is 1.62. The van der Waals surface area contributed by atoms with Gasteiger partial charge in [-0.15, -0.1) is 0 Å². The largest absolute Gasteiger partial charge is 0.391 e. The van der Waals surface area contributed by atoms with Crippen molar-refractivity contribution < 1.29 is 13.5 Å². The van der Waals surface area contributed by atoms with E-state index in [9.17, 15) is 18.3 Å². The number of nitrogens with zero attached hydrogens (tertiary/aromatic N) is 2. The van der Waals surface area contributed by atoms with Crippen LogP contribution in [-0.2, 0) is 9.84 Å². The first-order valence-corrected chi connectivity index (χ1v) is 10.6. The monoisotopic (exact) mass is 368 g/mol. The zero-order valence-electron chi connectivity index (χ0n) is 13.5. The second-order valence-electron chi connectivity index (χ2n) is 6.14. The Bertz CT molecular complexity index is 923. The normalized spacial score (nSPS) is 24.3. The van der Waals surface area contributed by atoms with Gasteiger partial charge in [-0.2, -0.15) is 0 Å². The summed E-state index contributed by atoms with van der Waals surface area (Å²) in [6, 6.07) is 7.06. The average Bonchev–Trinajstić information content (AvgIpc) is 2.79. The molecule has 1 N–H and O–H groups in total. The van der Waals surface area contributed by atoms with Crippen molar-refractivity contribution in [3.63, 3.8) is 0 Å². The number of hydrogen-bond acceptors (Lipinski definition) is 6. The summed E-state index contributed by atoms with van der Waals surface area (Å²) in [5.74, 6) is -0.326. The molecule has 0 aliphatic carbocycles. The number of hydrogen-bond donors (Lipinski definition) is 1. The van der Waals surface area contributed by atoms with Crippen LogP contribution in [0.5, 0.6) is 0 Å². The average molecular weight is 368 g/mol. The predicted molar refractivity (Wildman–Crippen MR) is 95.3 cm³/mol. The lowest BCUT2D eigenvalue weighted by molar-refractivity contribution is 0.207. The molecule has 1 aromatic carbocycles. The highest BCUT2D eigenvalue weighted by Crippen LogP contribution is 2.32. The van der Waals surface area contributed by atoms with Gasteiger partial charge in [-0.25, -0.2) is 13.4 Å². The first kappa shape index (κ1) is 17.4. The fraction of sp³-hybridized carbons (Fsp3) is 0.500. The zero-order chi connectivity index (χ0) is 17.5. The second kappa shape index (κ2) is 6.50. The SMILES string of the molecule is CC[C@H](C)n1c(S[C@H]2CS(=O)(=O)C[C@@H]2O)nc2ccccc2c1=O. The molecular weight excluding hydrogens is 348 g/mol. The van der Waals surface area contributed by atoms with E-state index in [1.165, 1.54) is 11.8 Å². The lowest BCUT2D eigenvalue weighted by atomic mass is 10.2. The van der Waals surface area contributed by atoms with Gasteiger partial charge in [0.15, 0.2) is 15.0 Å². The minimum absolute atomic E-state index is 0.0627. The molecule has 1 aliphatic rings. The minimum Gasteiger partial charge on any atom is -0.391 e. The van der Waals surface area contributed by atoms with Crippen LogP contribution in [0.25, 0.3) is 10.9 Å². The van der Waals surface area contributed by atoms with Crippen molar-refractivity contribution >= 4 is 32.5 Å². The Balaban J connectivity index is 2.11. The van der Waals surface area contributed by atoms with Gasteiger partial charge < -0.3 is 5.11 Å². The van der Waals surface area contributed by atoms with Gasteiger partial charge in [0.1, 0.15) is 0 Å². The number of rotatable bonds is 4. The molecule has 0 radical (unpaired) electrons. The number of aromatic nitrogens is 2. The van der Waals surface area contributed by atoms with Crippen LogP contribution < -0.4 is 5.56 Å². The highest BCUT2D eigenvalue weighted by Gasteiger charge is 2.38. The number of aliphatic hydroxyl groups excluding tert-OH is 1. The molecule has 1 fully saturated rings. The highest BCUT2D eigenvalue weighted by atomic mass is 32.2. The molecule has 0 amide bonds. The standard InChI is InChI=1S/C16H20N2O4S2/c1-3-10(2)18-15(20)11-6-4-5-7-12(11)17-16(18)23-14-9-24(21,22)8-13(14)19/h4-7,10,13-14,19H,3,8-9H2,1-2H3/t10-,13-,14-/m0/s1. The third-order valence-corrected chi connectivity index (χ3v) is 7.55. The van der Waals surface area contributed by atoms with E-state index in [0.29, 0.717) is 16.1 Å². The number of sulfone groups is 1. The summed E-state index contributed by atoms with van der Waals surface area (Å²) in [5.41, 5.74) is 0.452. The van der Waals surface area contributed by atoms with Crippen LogP contribution in [0.15, 0.2) is 34.2 Å². The van der Waals surface area contributed by atoms with Crippen molar-refractivity contribution in [3.05, 3.63) is 34.6 Å². The lowest BCUT2D eigenvalue weighted by Gasteiger charge is -2.20. The summed E-state index contributed by atoms with van der Waals surface area (Å²) < 4.78 is 25.1. The Morgan fingerprint density at radius 3 is 2.71 bits per heavy atom. The van der Waals surface area contributed by atoms with E-state index >= 15 is 0 Å². The maximum Gasteiger partial charge on any atom is 0.262 e. The number of para-hydroxylation sites is 1. The molecule has 3 atom stereocenters. The molecule has 1 aliphatic heterocycles. The quantitative estimate of drug-likeness (QED) is 0.825. The number of aliphatic hydroxyl groups is 1. The van der Waals surface area contributed by atoms with Gasteiger partial charge in [0, 0.05) is 6.04 Å². The Morgan fingerprint density at radius 1 is 1.38 bits per heavy atom. The van der Waals surface area contributed by atoms with E-state index in [1.54, 1.807) is 22.8 Å². The van der Waals surface area contributed by atoms with Crippen LogP contribution in [-0.4, -0.2) is 45.9 Å². The molecule has 1 aromatic heterocycles. The van der Waals surface area contributed by atoms with E-state index < -0.39 is 21.2 Å². The second-order valence-corrected chi connectivity index (χ2v) is 9.50. The minimum atomic E-state index is -3.24. The van der Waals surface area contributed by atoms with Gasteiger partial charge in [0.2, 0.25) is 0 Å². The molecule has 1 saturated heterocycles. The molecule has 24 heavy (non-hydrogen) atoms. The van der Waals surface area contributed by atoms with E-state index in [1.807, 2.05) is 19.9 Å². The molecule has 3 rings (SSSR count). The topological polar surface area (TPSA) is 89.3 Å². The van der Waals surface area contributed by atoms with Crippen LogP contribution in [0.4, 0.5) is 0 Å².